The minimum atomic E-state index is -0.271. The summed E-state index contributed by atoms with van der Waals surface area (Å²) in [6.07, 6.45) is 1.48. The molecule has 0 fully saturated rings. The van der Waals surface area contributed by atoms with E-state index in [0.717, 1.165) is 21.3 Å². The van der Waals surface area contributed by atoms with Gasteiger partial charge in [-0.05, 0) is 31.2 Å². The van der Waals surface area contributed by atoms with Crippen LogP contribution in [-0.2, 0) is 6.54 Å². The number of rotatable bonds is 5. The van der Waals surface area contributed by atoms with Crippen LogP contribution in [0.4, 0.5) is 0 Å². The molecule has 3 aromatic rings. The SMILES string of the molecule is C=C(Br)Cn1c([C@@H](C)NC(=O)c2ccco2)nc2ccccc21. The molecule has 0 spiro atoms. The fourth-order valence-electron chi connectivity index (χ4n) is 2.50. The Morgan fingerprint density at radius 3 is 2.87 bits per heavy atom. The molecule has 3 rings (SSSR count). The maximum atomic E-state index is 12.2. The quantitative estimate of drug-likeness (QED) is 0.734. The fourth-order valence-corrected chi connectivity index (χ4v) is 2.75. The number of nitrogens with one attached hydrogen (secondary N) is 1. The summed E-state index contributed by atoms with van der Waals surface area (Å²) >= 11 is 3.40. The highest BCUT2D eigenvalue weighted by atomic mass is 79.9. The first-order valence-corrected chi connectivity index (χ1v) is 7.98. The fraction of sp³-hybridized carbons (Fsp3) is 0.176. The van der Waals surface area contributed by atoms with Gasteiger partial charge >= 0.3 is 0 Å². The van der Waals surface area contributed by atoms with Gasteiger partial charge in [0, 0.05) is 4.48 Å². The van der Waals surface area contributed by atoms with Gasteiger partial charge < -0.3 is 14.3 Å². The number of furan rings is 1. The molecule has 0 aliphatic heterocycles. The van der Waals surface area contributed by atoms with Crippen molar-refractivity contribution in [3.63, 3.8) is 0 Å². The third-order valence-electron chi connectivity index (χ3n) is 3.49. The van der Waals surface area contributed by atoms with Crippen molar-refractivity contribution in [3.05, 3.63) is 65.3 Å². The van der Waals surface area contributed by atoms with Crippen LogP contribution in [0.1, 0.15) is 29.3 Å². The minimum absolute atomic E-state index is 0.265. The van der Waals surface area contributed by atoms with Crippen LogP contribution in [0.5, 0.6) is 0 Å². The average Bonchev–Trinajstić information content (AvgIpc) is 3.15. The number of aromatic nitrogens is 2. The number of nitrogens with zero attached hydrogens (tertiary/aromatic N) is 2. The van der Waals surface area contributed by atoms with Gasteiger partial charge in [0.25, 0.3) is 5.91 Å². The summed E-state index contributed by atoms with van der Waals surface area (Å²) in [5.74, 6) is 0.787. The number of amides is 1. The molecule has 2 aromatic heterocycles. The summed E-state index contributed by atoms with van der Waals surface area (Å²) in [4.78, 5) is 16.8. The molecular weight excluding hydrogens is 358 g/mol. The Morgan fingerprint density at radius 2 is 2.17 bits per heavy atom. The minimum Gasteiger partial charge on any atom is -0.459 e. The van der Waals surface area contributed by atoms with Crippen molar-refractivity contribution in [3.8, 4) is 0 Å². The van der Waals surface area contributed by atoms with E-state index >= 15 is 0 Å². The van der Waals surface area contributed by atoms with Crippen LogP contribution >= 0.6 is 15.9 Å². The van der Waals surface area contributed by atoms with E-state index in [0.29, 0.717) is 6.54 Å². The molecule has 0 unspecified atom stereocenters. The number of benzene rings is 1. The van der Waals surface area contributed by atoms with Crippen molar-refractivity contribution < 1.29 is 9.21 Å². The van der Waals surface area contributed by atoms with E-state index in [-0.39, 0.29) is 17.7 Å². The summed E-state index contributed by atoms with van der Waals surface area (Å²) in [6, 6.07) is 10.9. The molecule has 1 atom stereocenters. The Morgan fingerprint density at radius 1 is 1.39 bits per heavy atom. The third kappa shape index (κ3) is 3.22. The number of carbonyl (C=O) groups is 1. The van der Waals surface area contributed by atoms with E-state index in [9.17, 15) is 4.79 Å². The van der Waals surface area contributed by atoms with Crippen LogP contribution in [0.3, 0.4) is 0 Å². The number of carbonyl (C=O) groups excluding carboxylic acids is 1. The molecule has 0 radical (unpaired) electrons. The molecule has 6 heteroatoms. The predicted octanol–water partition coefficient (Wildman–Crippen LogP) is 4.03. The zero-order chi connectivity index (χ0) is 16.4. The Labute approximate surface area is 142 Å². The highest BCUT2D eigenvalue weighted by molar-refractivity contribution is 9.11. The molecule has 23 heavy (non-hydrogen) atoms. The first kappa shape index (κ1) is 15.6. The van der Waals surface area contributed by atoms with Crippen LogP contribution in [0.2, 0.25) is 0 Å². The van der Waals surface area contributed by atoms with E-state index in [1.807, 2.05) is 35.8 Å². The number of hydrogen-bond acceptors (Lipinski definition) is 3. The largest absolute Gasteiger partial charge is 0.459 e. The summed E-state index contributed by atoms with van der Waals surface area (Å²) in [5.41, 5.74) is 1.89. The topological polar surface area (TPSA) is 60.1 Å². The molecule has 5 nitrogen and oxygen atoms in total. The van der Waals surface area contributed by atoms with Crippen LogP contribution in [0.25, 0.3) is 11.0 Å². The summed E-state index contributed by atoms with van der Waals surface area (Å²) < 4.78 is 8.01. The molecule has 1 N–H and O–H groups in total. The summed E-state index contributed by atoms with van der Waals surface area (Å²) in [6.45, 7) is 6.38. The lowest BCUT2D eigenvalue weighted by atomic mass is 10.3. The normalized spacial score (nSPS) is 12.3. The van der Waals surface area contributed by atoms with Crippen molar-refractivity contribution in [1.29, 1.82) is 0 Å². The summed E-state index contributed by atoms with van der Waals surface area (Å²) in [5, 5.41) is 2.91. The number of halogens is 1. The average molecular weight is 374 g/mol. The van der Waals surface area contributed by atoms with Crippen molar-refractivity contribution in [2.45, 2.75) is 19.5 Å². The van der Waals surface area contributed by atoms with E-state index in [4.69, 9.17) is 4.42 Å². The van der Waals surface area contributed by atoms with Gasteiger partial charge in [-0.1, -0.05) is 34.6 Å². The van der Waals surface area contributed by atoms with Gasteiger partial charge in [0.1, 0.15) is 5.82 Å². The van der Waals surface area contributed by atoms with Crippen molar-refractivity contribution in [1.82, 2.24) is 14.9 Å². The van der Waals surface area contributed by atoms with Crippen LogP contribution in [-0.4, -0.2) is 15.5 Å². The smallest absolute Gasteiger partial charge is 0.287 e. The zero-order valence-corrected chi connectivity index (χ0v) is 14.2. The first-order chi connectivity index (χ1) is 11.1. The second kappa shape index (κ2) is 6.42. The van der Waals surface area contributed by atoms with Gasteiger partial charge in [0.2, 0.25) is 0 Å². The molecule has 2 heterocycles. The van der Waals surface area contributed by atoms with Gasteiger partial charge in [-0.25, -0.2) is 4.98 Å². The second-order valence-electron chi connectivity index (χ2n) is 5.23. The number of fused-ring (bicyclic) bond motifs is 1. The molecule has 118 valence electrons. The molecule has 0 saturated carbocycles. The summed E-state index contributed by atoms with van der Waals surface area (Å²) in [7, 11) is 0. The second-order valence-corrected chi connectivity index (χ2v) is 6.36. The molecule has 1 amide bonds. The lowest BCUT2D eigenvalue weighted by molar-refractivity contribution is 0.0909. The standard InChI is InChI=1S/C17H16BrN3O2/c1-11(18)10-21-14-7-4-3-6-13(14)20-16(21)12(2)19-17(22)15-8-5-9-23-15/h3-9,12H,1,10H2,2H3,(H,19,22)/t12-/m1/s1. The number of para-hydroxylation sites is 2. The van der Waals surface area contributed by atoms with Gasteiger partial charge in [-0.2, -0.15) is 0 Å². The van der Waals surface area contributed by atoms with Crippen LogP contribution < -0.4 is 5.32 Å². The number of hydrogen-bond donors (Lipinski definition) is 1. The Hall–Kier alpha value is -2.34. The van der Waals surface area contributed by atoms with Crippen LogP contribution in [0, 0.1) is 0 Å². The molecule has 0 aliphatic carbocycles. The number of imidazole rings is 1. The van der Waals surface area contributed by atoms with Crippen LogP contribution in [0.15, 0.2) is 58.1 Å². The number of allylic oxidation sites excluding steroid dienone is 1. The van der Waals surface area contributed by atoms with E-state index < -0.39 is 0 Å². The van der Waals surface area contributed by atoms with E-state index in [1.165, 1.54) is 6.26 Å². The van der Waals surface area contributed by atoms with Crippen molar-refractivity contribution in [2.75, 3.05) is 0 Å². The van der Waals surface area contributed by atoms with Crippen molar-refractivity contribution in [2.24, 2.45) is 0 Å². The molecule has 0 aliphatic rings. The van der Waals surface area contributed by atoms with Gasteiger partial charge in [0.15, 0.2) is 5.76 Å². The molecule has 0 saturated heterocycles. The highest BCUT2D eigenvalue weighted by Crippen LogP contribution is 2.23. The zero-order valence-electron chi connectivity index (χ0n) is 12.6. The monoisotopic (exact) mass is 373 g/mol. The first-order valence-electron chi connectivity index (χ1n) is 7.19. The van der Waals surface area contributed by atoms with Gasteiger partial charge in [-0.15, -0.1) is 0 Å². The molecule has 1 aromatic carbocycles. The van der Waals surface area contributed by atoms with E-state index in [2.05, 4.69) is 32.8 Å². The lowest BCUT2D eigenvalue weighted by Gasteiger charge is -2.15. The Bertz CT molecular complexity index is 852. The van der Waals surface area contributed by atoms with E-state index in [1.54, 1.807) is 12.1 Å². The molecule has 0 bridgehead atoms. The van der Waals surface area contributed by atoms with Gasteiger partial charge in [0.05, 0.1) is 29.9 Å². The maximum absolute atomic E-state index is 12.2. The van der Waals surface area contributed by atoms with Crippen molar-refractivity contribution >= 4 is 32.9 Å². The Kier molecular flexibility index (Phi) is 4.34. The van der Waals surface area contributed by atoms with Gasteiger partial charge in [-0.3, -0.25) is 4.79 Å². The predicted molar refractivity (Wildman–Crippen MR) is 92.4 cm³/mol. The maximum Gasteiger partial charge on any atom is 0.287 e. The lowest BCUT2D eigenvalue weighted by Crippen LogP contribution is -2.28. The highest BCUT2D eigenvalue weighted by Gasteiger charge is 2.20. The third-order valence-corrected chi connectivity index (χ3v) is 3.74. The Balaban J connectivity index is 1.94. The molecular formula is C17H16BrN3O2.